The first-order chi connectivity index (χ1) is 27.8. The molecule has 9 aromatic carbocycles. The third kappa shape index (κ3) is 4.73. The predicted octanol–water partition coefficient (Wildman–Crippen LogP) is 14.3. The molecule has 0 amide bonds. The second-order valence-corrected chi connectivity index (χ2v) is 15.8. The molecule has 4 heteroatoms. The van der Waals surface area contributed by atoms with Crippen molar-refractivity contribution in [2.24, 2.45) is 4.99 Å². The van der Waals surface area contributed by atoms with E-state index in [2.05, 4.69) is 191 Å². The maximum absolute atomic E-state index is 5.05. The van der Waals surface area contributed by atoms with Crippen LogP contribution in [0, 0.1) is 0 Å². The van der Waals surface area contributed by atoms with Crippen molar-refractivity contribution in [3.8, 4) is 16.8 Å². The minimum atomic E-state index is 0.540. The minimum Gasteiger partial charge on any atom is -0.320 e. The Balaban J connectivity index is 0.889. The topological polar surface area (TPSA) is 22.2 Å². The lowest BCUT2D eigenvalue weighted by atomic mass is 9.92. The molecule has 12 aromatic rings. The Labute approximate surface area is 326 Å². The van der Waals surface area contributed by atoms with Gasteiger partial charge in [0.1, 0.15) is 6.67 Å². The Morgan fingerprint density at radius 1 is 0.411 bits per heavy atom. The Morgan fingerprint density at radius 2 is 0.929 bits per heavy atom. The van der Waals surface area contributed by atoms with Crippen molar-refractivity contribution in [3.05, 3.63) is 187 Å². The van der Waals surface area contributed by atoms with Crippen molar-refractivity contribution in [3.63, 3.8) is 0 Å². The first kappa shape index (κ1) is 31.4. The van der Waals surface area contributed by atoms with Crippen molar-refractivity contribution < 1.29 is 0 Å². The van der Waals surface area contributed by atoms with Gasteiger partial charge in [0.25, 0.3) is 0 Å². The van der Waals surface area contributed by atoms with E-state index in [0.717, 1.165) is 10.6 Å². The highest BCUT2D eigenvalue weighted by atomic mass is 32.1. The number of benzene rings is 9. The first-order valence-corrected chi connectivity index (χ1v) is 20.0. The van der Waals surface area contributed by atoms with Crippen LogP contribution in [0.5, 0.6) is 0 Å². The normalized spacial score (nSPS) is 12.3. The van der Waals surface area contributed by atoms with E-state index in [1.807, 2.05) is 6.21 Å². The van der Waals surface area contributed by atoms with Crippen LogP contribution in [0.25, 0.3) is 103 Å². The molecule has 0 aliphatic rings. The van der Waals surface area contributed by atoms with Crippen LogP contribution in [0.4, 0.5) is 0 Å². The summed E-state index contributed by atoms with van der Waals surface area (Å²) in [7, 11) is 0. The molecule has 3 nitrogen and oxygen atoms in total. The summed E-state index contributed by atoms with van der Waals surface area (Å²) in [4.78, 5) is 6.20. The summed E-state index contributed by atoms with van der Waals surface area (Å²) in [5.41, 5.74) is 8.43. The predicted molar refractivity (Wildman–Crippen MR) is 241 cm³/mol. The van der Waals surface area contributed by atoms with Crippen LogP contribution in [0.3, 0.4) is 0 Å². The molecule has 0 N–H and O–H groups in total. The number of nitrogens with zero attached hydrogens (tertiary/aromatic N) is 3. The summed E-state index contributed by atoms with van der Waals surface area (Å²) in [6, 6.07) is 66.6. The zero-order valence-corrected chi connectivity index (χ0v) is 31.2. The number of aliphatic imine (C=N–C) groups is 1. The molecule has 0 unspecified atom stereocenters. The minimum absolute atomic E-state index is 0.540. The van der Waals surface area contributed by atoms with Crippen molar-refractivity contribution in [2.45, 2.75) is 6.67 Å². The van der Waals surface area contributed by atoms with Gasteiger partial charge in [0.15, 0.2) is 0 Å². The van der Waals surface area contributed by atoms with Gasteiger partial charge < -0.3 is 9.13 Å². The molecule has 3 aromatic heterocycles. The van der Waals surface area contributed by atoms with Gasteiger partial charge in [-0.1, -0.05) is 121 Å². The van der Waals surface area contributed by atoms with E-state index in [4.69, 9.17) is 4.99 Å². The zero-order chi connectivity index (χ0) is 36.7. The Kier molecular flexibility index (Phi) is 6.86. The fourth-order valence-electron chi connectivity index (χ4n) is 9.14. The lowest BCUT2D eigenvalue weighted by Crippen LogP contribution is -1.97. The van der Waals surface area contributed by atoms with Gasteiger partial charge in [-0.05, 0) is 109 Å². The lowest BCUT2D eigenvalue weighted by molar-refractivity contribution is 0.796. The summed E-state index contributed by atoms with van der Waals surface area (Å²) in [6.07, 6.45) is 2.05. The van der Waals surface area contributed by atoms with Gasteiger partial charge >= 0.3 is 0 Å². The molecule has 56 heavy (non-hydrogen) atoms. The third-order valence-electron chi connectivity index (χ3n) is 11.6. The van der Waals surface area contributed by atoms with E-state index in [1.54, 1.807) is 11.3 Å². The largest absolute Gasteiger partial charge is 0.320 e. The average Bonchev–Trinajstić information content (AvgIpc) is 3.93. The van der Waals surface area contributed by atoms with Gasteiger partial charge in [0, 0.05) is 43.0 Å². The van der Waals surface area contributed by atoms with Gasteiger partial charge in [-0.2, -0.15) is 0 Å². The fourth-order valence-corrected chi connectivity index (χ4v) is 10.1. The maximum Gasteiger partial charge on any atom is 0.114 e. The van der Waals surface area contributed by atoms with Crippen LogP contribution in [0.2, 0.25) is 0 Å². The number of fused-ring (bicyclic) bond motifs is 13. The van der Waals surface area contributed by atoms with Gasteiger partial charge in [-0.25, -0.2) is 0 Å². The van der Waals surface area contributed by atoms with E-state index in [0.29, 0.717) is 6.67 Å². The molecule has 0 aliphatic heterocycles. The first-order valence-electron chi connectivity index (χ1n) is 19.1. The highest BCUT2D eigenvalue weighted by molar-refractivity contribution is 7.20. The number of hydrogen-bond acceptors (Lipinski definition) is 2. The second kappa shape index (κ2) is 12.3. The molecule has 262 valence electrons. The number of rotatable bonds is 5. The Bertz CT molecular complexity index is 3490. The molecule has 0 bridgehead atoms. The highest BCUT2D eigenvalue weighted by Crippen LogP contribution is 2.39. The molecule has 0 saturated heterocycles. The van der Waals surface area contributed by atoms with Gasteiger partial charge in [-0.3, -0.25) is 4.99 Å². The van der Waals surface area contributed by atoms with Gasteiger partial charge in [-0.15, -0.1) is 11.3 Å². The summed E-state index contributed by atoms with van der Waals surface area (Å²) in [5.74, 6) is 0. The van der Waals surface area contributed by atoms with Crippen molar-refractivity contribution in [1.29, 1.82) is 0 Å². The standard InChI is InChI=1S/C52H33N3S/c1-2-13-40-38(11-1)39-12-3-4-14-41(39)46-29-34(21-24-42(40)46)33-22-26-52-35(27-33)28-37(56-52)31-53-32-54-48-18-8-5-17-45(48)47-30-36(23-25-49(47)54)55-50-19-9-6-15-43(50)44-16-7-10-20-51(44)55/h1-31H,32H2/b53-31-. The number of hydrogen-bond donors (Lipinski definition) is 0. The smallest absolute Gasteiger partial charge is 0.114 e. The van der Waals surface area contributed by atoms with E-state index >= 15 is 0 Å². The van der Waals surface area contributed by atoms with Crippen molar-refractivity contribution in [2.75, 3.05) is 0 Å². The second-order valence-electron chi connectivity index (χ2n) is 14.7. The quantitative estimate of drug-likeness (QED) is 0.124. The molecular weight excluding hydrogens is 699 g/mol. The van der Waals surface area contributed by atoms with Crippen LogP contribution < -0.4 is 0 Å². The van der Waals surface area contributed by atoms with Crippen LogP contribution >= 0.6 is 11.3 Å². The monoisotopic (exact) mass is 731 g/mol. The van der Waals surface area contributed by atoms with Crippen molar-refractivity contribution in [1.82, 2.24) is 9.13 Å². The maximum atomic E-state index is 5.05. The number of aromatic nitrogens is 2. The zero-order valence-electron chi connectivity index (χ0n) is 30.4. The molecule has 0 radical (unpaired) electrons. The average molecular weight is 732 g/mol. The summed E-state index contributed by atoms with van der Waals surface area (Å²) >= 11 is 1.79. The molecular formula is C52H33N3S. The van der Waals surface area contributed by atoms with Gasteiger partial charge in [0.2, 0.25) is 0 Å². The summed E-state index contributed by atoms with van der Waals surface area (Å²) < 4.78 is 6.00. The fraction of sp³-hybridized carbons (Fsp3) is 0.0192. The molecule has 0 spiro atoms. The molecule has 0 fully saturated rings. The Morgan fingerprint density at radius 3 is 1.61 bits per heavy atom. The Hall–Kier alpha value is -7.01. The van der Waals surface area contributed by atoms with Crippen molar-refractivity contribution >= 4 is 104 Å². The molecule has 0 saturated carbocycles. The van der Waals surface area contributed by atoms with E-state index < -0.39 is 0 Å². The van der Waals surface area contributed by atoms with E-state index in [9.17, 15) is 0 Å². The van der Waals surface area contributed by atoms with Gasteiger partial charge in [0.05, 0.1) is 22.1 Å². The third-order valence-corrected chi connectivity index (χ3v) is 12.7. The lowest BCUT2D eigenvalue weighted by Gasteiger charge is -2.12. The SMILES string of the molecule is C(=N/Cn1c2ccccc2c2cc(-n3c4ccccc4c4ccccc43)ccc21)/c1cc2cc(-c3ccc4c5ccccc5c5ccccc5c4c3)ccc2s1. The molecule has 0 atom stereocenters. The van der Waals surface area contributed by atoms with Crippen LogP contribution in [-0.2, 0) is 6.67 Å². The highest BCUT2D eigenvalue weighted by Gasteiger charge is 2.16. The van der Waals surface area contributed by atoms with E-state index in [-0.39, 0.29) is 0 Å². The molecule has 0 aliphatic carbocycles. The number of para-hydroxylation sites is 3. The van der Waals surface area contributed by atoms with E-state index in [1.165, 1.54) is 97.1 Å². The van der Waals surface area contributed by atoms with Crippen LogP contribution in [0.1, 0.15) is 4.88 Å². The number of thiophene rings is 1. The van der Waals surface area contributed by atoms with Crippen LogP contribution in [-0.4, -0.2) is 15.3 Å². The molecule has 12 rings (SSSR count). The molecule has 3 heterocycles. The summed E-state index contributed by atoms with van der Waals surface area (Å²) in [6.45, 7) is 0.540. The van der Waals surface area contributed by atoms with Crippen LogP contribution in [0.15, 0.2) is 187 Å². The summed E-state index contributed by atoms with van der Waals surface area (Å²) in [5, 5.41) is 14.1.